The van der Waals surface area contributed by atoms with E-state index >= 15 is 0 Å². The Balaban J connectivity index is 3.94. The summed E-state index contributed by atoms with van der Waals surface area (Å²) < 4.78 is 117. The van der Waals surface area contributed by atoms with Crippen molar-refractivity contribution in [1.82, 2.24) is 5.32 Å². The summed E-state index contributed by atoms with van der Waals surface area (Å²) in [7, 11) is 1.21. The van der Waals surface area contributed by atoms with E-state index in [0.717, 1.165) is 0 Å². The summed E-state index contributed by atoms with van der Waals surface area (Å²) in [6, 6.07) is -0.700. The molecular formula is C13H12F9N. The van der Waals surface area contributed by atoms with E-state index in [9.17, 15) is 39.5 Å². The van der Waals surface area contributed by atoms with E-state index in [1.807, 2.05) is 0 Å². The minimum Gasteiger partial charge on any atom is -0.313 e. The molecule has 23 heavy (non-hydrogen) atoms. The van der Waals surface area contributed by atoms with Gasteiger partial charge >= 0.3 is 18.5 Å². The fraction of sp³-hybridized carbons (Fsp3) is 0.538. The first-order chi connectivity index (χ1) is 10.2. The summed E-state index contributed by atoms with van der Waals surface area (Å²) in [5.41, 5.74) is -8.24. The maximum atomic E-state index is 13.1. The summed E-state index contributed by atoms with van der Waals surface area (Å²) in [5, 5.41) is 2.37. The predicted octanol–water partition coefficient (Wildman–Crippen LogP) is 5.41. The molecule has 0 aliphatic rings. The lowest BCUT2D eigenvalue weighted by atomic mass is 9.90. The molecule has 10 heteroatoms. The molecule has 132 valence electrons. The minimum absolute atomic E-state index is 0.0351. The van der Waals surface area contributed by atoms with Crippen molar-refractivity contribution < 1.29 is 39.5 Å². The molecule has 0 bridgehead atoms. The minimum atomic E-state index is -5.81. The first-order valence-electron chi connectivity index (χ1n) is 6.30. The molecule has 0 spiro atoms. The normalized spacial score (nSPS) is 14.9. The van der Waals surface area contributed by atoms with Crippen LogP contribution in [-0.2, 0) is 18.5 Å². The Morgan fingerprint density at radius 2 is 1.30 bits per heavy atom. The van der Waals surface area contributed by atoms with E-state index in [2.05, 4.69) is 5.32 Å². The van der Waals surface area contributed by atoms with Crippen molar-refractivity contribution in [3.63, 3.8) is 0 Å². The summed E-state index contributed by atoms with van der Waals surface area (Å²) in [5.74, 6) is 0. The molecule has 0 aromatic heterocycles. The third kappa shape index (κ3) is 4.10. The number of benzene rings is 1. The molecule has 0 saturated heterocycles. The number of hydrogen-bond acceptors (Lipinski definition) is 1. The zero-order valence-corrected chi connectivity index (χ0v) is 11.8. The van der Waals surface area contributed by atoms with Gasteiger partial charge in [0, 0.05) is 6.04 Å². The Morgan fingerprint density at radius 1 is 0.826 bits per heavy atom. The smallest absolute Gasteiger partial charge is 0.313 e. The SMILES string of the molecule is CCC(NC)c1ccc(C(F)(F)F)c(C(F)(F)F)c1C(F)(F)F. The molecule has 1 rings (SSSR count). The van der Waals surface area contributed by atoms with Gasteiger partial charge in [-0.2, -0.15) is 39.5 Å². The van der Waals surface area contributed by atoms with Gasteiger partial charge in [0.2, 0.25) is 0 Å². The molecule has 0 aliphatic heterocycles. The van der Waals surface area contributed by atoms with Crippen LogP contribution in [0.5, 0.6) is 0 Å². The summed E-state index contributed by atoms with van der Waals surface area (Å²) >= 11 is 0. The number of alkyl halides is 9. The fourth-order valence-corrected chi connectivity index (χ4v) is 2.32. The number of rotatable bonds is 3. The van der Waals surface area contributed by atoms with Gasteiger partial charge in [0.1, 0.15) is 0 Å². The largest absolute Gasteiger partial charge is 0.417 e. The van der Waals surface area contributed by atoms with Crippen LogP contribution in [0.2, 0.25) is 0 Å². The second kappa shape index (κ2) is 6.21. The van der Waals surface area contributed by atoms with Crippen molar-refractivity contribution in [3.05, 3.63) is 34.4 Å². The van der Waals surface area contributed by atoms with E-state index in [1.165, 1.54) is 14.0 Å². The molecule has 0 aliphatic carbocycles. The van der Waals surface area contributed by atoms with Crippen molar-refractivity contribution in [2.75, 3.05) is 7.05 Å². The van der Waals surface area contributed by atoms with E-state index in [4.69, 9.17) is 0 Å². The zero-order chi connectivity index (χ0) is 18.2. The van der Waals surface area contributed by atoms with Crippen LogP contribution in [0.4, 0.5) is 39.5 Å². The Bertz CT molecular complexity index is 550. The van der Waals surface area contributed by atoms with Crippen molar-refractivity contribution in [3.8, 4) is 0 Å². The third-order valence-corrected chi connectivity index (χ3v) is 3.24. The van der Waals surface area contributed by atoms with Crippen molar-refractivity contribution in [1.29, 1.82) is 0 Å². The maximum Gasteiger partial charge on any atom is 0.417 e. The van der Waals surface area contributed by atoms with Gasteiger partial charge in [-0.15, -0.1) is 0 Å². The van der Waals surface area contributed by atoms with Crippen LogP contribution in [0.1, 0.15) is 41.6 Å². The van der Waals surface area contributed by atoms with Gasteiger partial charge in [0.15, 0.2) is 0 Å². The van der Waals surface area contributed by atoms with Crippen LogP contribution in [0.25, 0.3) is 0 Å². The van der Waals surface area contributed by atoms with Crippen LogP contribution in [0, 0.1) is 0 Å². The lowest BCUT2D eigenvalue weighted by molar-refractivity contribution is -0.175. The summed E-state index contributed by atoms with van der Waals surface area (Å²) in [4.78, 5) is 0. The van der Waals surface area contributed by atoms with Crippen molar-refractivity contribution in [2.24, 2.45) is 0 Å². The molecule has 0 saturated carbocycles. The molecule has 0 heterocycles. The van der Waals surface area contributed by atoms with Gasteiger partial charge in [-0.1, -0.05) is 13.0 Å². The van der Waals surface area contributed by atoms with Gasteiger partial charge < -0.3 is 5.32 Å². The average Bonchev–Trinajstić information content (AvgIpc) is 2.35. The van der Waals surface area contributed by atoms with E-state index in [1.54, 1.807) is 0 Å². The van der Waals surface area contributed by atoms with Crippen LogP contribution in [0.15, 0.2) is 12.1 Å². The van der Waals surface area contributed by atoms with Gasteiger partial charge in [0.05, 0.1) is 16.7 Å². The molecule has 0 amide bonds. The highest BCUT2D eigenvalue weighted by molar-refractivity contribution is 5.47. The van der Waals surface area contributed by atoms with Crippen molar-refractivity contribution >= 4 is 0 Å². The van der Waals surface area contributed by atoms with Gasteiger partial charge in [0.25, 0.3) is 0 Å². The monoisotopic (exact) mass is 353 g/mol. The average molecular weight is 353 g/mol. The molecule has 1 nitrogen and oxygen atoms in total. The van der Waals surface area contributed by atoms with E-state index in [0.29, 0.717) is 6.07 Å². The summed E-state index contributed by atoms with van der Waals surface area (Å²) in [6.45, 7) is 1.40. The van der Waals surface area contributed by atoms with Crippen LogP contribution >= 0.6 is 0 Å². The predicted molar refractivity (Wildman–Crippen MR) is 63.5 cm³/mol. The topological polar surface area (TPSA) is 12.0 Å². The lowest BCUT2D eigenvalue weighted by Gasteiger charge is -2.26. The van der Waals surface area contributed by atoms with Crippen molar-refractivity contribution in [2.45, 2.75) is 37.9 Å². The Kier molecular flexibility index (Phi) is 5.30. The van der Waals surface area contributed by atoms with Crippen LogP contribution < -0.4 is 5.32 Å². The number of hydrogen-bond donors (Lipinski definition) is 1. The number of nitrogens with one attached hydrogen (secondary N) is 1. The standard InChI is InChI=1S/C13H12F9N/c1-3-8(23-2)6-4-5-7(11(14,15)16)10(13(20,21)22)9(6)12(17,18)19/h4-5,8,23H,3H2,1-2H3. The number of halogens is 9. The highest BCUT2D eigenvalue weighted by atomic mass is 19.4. The third-order valence-electron chi connectivity index (χ3n) is 3.24. The second-order valence-electron chi connectivity index (χ2n) is 4.70. The van der Waals surface area contributed by atoms with E-state index < -0.39 is 46.8 Å². The Hall–Kier alpha value is -1.45. The summed E-state index contributed by atoms with van der Waals surface area (Å²) in [6.07, 6.45) is -17.0. The van der Waals surface area contributed by atoms with Gasteiger partial charge in [-0.3, -0.25) is 0 Å². The first-order valence-corrected chi connectivity index (χ1v) is 6.30. The van der Waals surface area contributed by atoms with Gasteiger partial charge in [-0.25, -0.2) is 0 Å². The quantitative estimate of drug-likeness (QED) is 0.716. The lowest BCUT2D eigenvalue weighted by Crippen LogP contribution is -2.27. The Labute approximate surface area is 125 Å². The second-order valence-corrected chi connectivity index (χ2v) is 4.70. The molecule has 1 unspecified atom stereocenters. The highest BCUT2D eigenvalue weighted by Gasteiger charge is 2.51. The first kappa shape index (κ1) is 19.6. The van der Waals surface area contributed by atoms with E-state index in [-0.39, 0.29) is 12.5 Å². The van der Waals surface area contributed by atoms with Crippen LogP contribution in [-0.4, -0.2) is 7.05 Å². The molecule has 1 N–H and O–H groups in total. The van der Waals surface area contributed by atoms with Crippen LogP contribution in [0.3, 0.4) is 0 Å². The molecule has 0 fully saturated rings. The molecular weight excluding hydrogens is 341 g/mol. The molecule has 1 aromatic carbocycles. The molecule has 1 atom stereocenters. The molecule has 1 aromatic rings. The zero-order valence-electron chi connectivity index (χ0n) is 11.8. The maximum absolute atomic E-state index is 13.1. The molecule has 0 radical (unpaired) electrons. The Morgan fingerprint density at radius 3 is 1.61 bits per heavy atom. The highest BCUT2D eigenvalue weighted by Crippen LogP contribution is 2.49. The van der Waals surface area contributed by atoms with Gasteiger partial charge in [-0.05, 0) is 25.1 Å². The fourth-order valence-electron chi connectivity index (χ4n) is 2.32.